The molecule has 3 heteroatoms. The van der Waals surface area contributed by atoms with Crippen molar-refractivity contribution in [1.29, 1.82) is 0 Å². The number of rotatable bonds is 2. The van der Waals surface area contributed by atoms with E-state index in [-0.39, 0.29) is 11.6 Å². The van der Waals surface area contributed by atoms with Crippen LogP contribution in [-0.2, 0) is 0 Å². The van der Waals surface area contributed by atoms with Crippen molar-refractivity contribution in [2.24, 2.45) is 17.8 Å². The Balaban J connectivity index is 1.71. The summed E-state index contributed by atoms with van der Waals surface area (Å²) in [7, 11) is 0. The molecule has 0 radical (unpaired) electrons. The van der Waals surface area contributed by atoms with E-state index in [1.165, 1.54) is 38.5 Å². The lowest BCUT2D eigenvalue weighted by Gasteiger charge is -2.56. The van der Waals surface area contributed by atoms with Crippen LogP contribution in [0.25, 0.3) is 0 Å². The van der Waals surface area contributed by atoms with E-state index >= 15 is 0 Å². The summed E-state index contributed by atoms with van der Waals surface area (Å²) in [6.07, 6.45) is 7.98. The highest BCUT2D eigenvalue weighted by molar-refractivity contribution is 5.74. The van der Waals surface area contributed by atoms with Crippen LogP contribution in [0.1, 0.15) is 45.4 Å². The Morgan fingerprint density at radius 1 is 1.12 bits per heavy atom. The average molecular weight is 222 g/mol. The fourth-order valence-electron chi connectivity index (χ4n) is 4.71. The van der Waals surface area contributed by atoms with E-state index in [2.05, 4.69) is 10.6 Å². The summed E-state index contributed by atoms with van der Waals surface area (Å²) in [5, 5.41) is 6.15. The Labute approximate surface area is 97.4 Å². The Morgan fingerprint density at radius 3 is 2.06 bits per heavy atom. The average Bonchev–Trinajstić information content (AvgIpc) is 2.13. The quantitative estimate of drug-likeness (QED) is 0.739. The minimum absolute atomic E-state index is 0.0458. The van der Waals surface area contributed by atoms with Crippen molar-refractivity contribution in [2.75, 3.05) is 6.54 Å². The molecular formula is C13H22N2O. The number of urea groups is 1. The second-order valence-electron chi connectivity index (χ2n) is 6.18. The first-order valence-electron chi connectivity index (χ1n) is 6.75. The van der Waals surface area contributed by atoms with Crippen LogP contribution in [0.5, 0.6) is 0 Å². The van der Waals surface area contributed by atoms with E-state index in [1.807, 2.05) is 6.92 Å². The smallest absolute Gasteiger partial charge is 0.315 e. The summed E-state index contributed by atoms with van der Waals surface area (Å²) in [6.45, 7) is 2.69. The maximum atomic E-state index is 11.7. The van der Waals surface area contributed by atoms with Gasteiger partial charge in [-0.25, -0.2) is 4.79 Å². The van der Waals surface area contributed by atoms with Gasteiger partial charge in [-0.05, 0) is 63.2 Å². The van der Waals surface area contributed by atoms with Crippen LogP contribution in [0.2, 0.25) is 0 Å². The van der Waals surface area contributed by atoms with Gasteiger partial charge in [0.15, 0.2) is 0 Å². The van der Waals surface area contributed by atoms with E-state index in [0.717, 1.165) is 24.3 Å². The highest BCUT2D eigenvalue weighted by Crippen LogP contribution is 2.55. The Bertz CT molecular complexity index is 265. The van der Waals surface area contributed by atoms with E-state index in [4.69, 9.17) is 0 Å². The lowest BCUT2D eigenvalue weighted by molar-refractivity contribution is -0.0134. The zero-order chi connectivity index (χ0) is 11.2. The lowest BCUT2D eigenvalue weighted by Crippen LogP contribution is -2.61. The molecule has 4 aliphatic rings. The Kier molecular flexibility index (Phi) is 2.37. The summed E-state index contributed by atoms with van der Waals surface area (Å²) < 4.78 is 0. The van der Waals surface area contributed by atoms with Gasteiger partial charge >= 0.3 is 6.03 Å². The van der Waals surface area contributed by atoms with Crippen LogP contribution >= 0.6 is 0 Å². The second-order valence-corrected chi connectivity index (χ2v) is 6.18. The molecule has 0 heterocycles. The zero-order valence-corrected chi connectivity index (χ0v) is 10.1. The number of hydrogen-bond acceptors (Lipinski definition) is 1. The van der Waals surface area contributed by atoms with Crippen molar-refractivity contribution in [3.63, 3.8) is 0 Å². The summed E-state index contributed by atoms with van der Waals surface area (Å²) in [5.74, 6) is 2.69. The predicted molar refractivity (Wildman–Crippen MR) is 63.1 cm³/mol. The van der Waals surface area contributed by atoms with Gasteiger partial charge in [-0.1, -0.05) is 0 Å². The molecule has 0 aromatic rings. The van der Waals surface area contributed by atoms with Crippen LogP contribution in [-0.4, -0.2) is 18.1 Å². The summed E-state index contributed by atoms with van der Waals surface area (Å²) in [4.78, 5) is 11.7. The van der Waals surface area contributed by atoms with Crippen molar-refractivity contribution in [3.05, 3.63) is 0 Å². The van der Waals surface area contributed by atoms with Gasteiger partial charge < -0.3 is 10.6 Å². The topological polar surface area (TPSA) is 41.1 Å². The van der Waals surface area contributed by atoms with Crippen molar-refractivity contribution in [2.45, 2.75) is 51.0 Å². The molecule has 90 valence electrons. The Hall–Kier alpha value is -0.730. The molecule has 0 saturated heterocycles. The summed E-state index contributed by atoms with van der Waals surface area (Å²) in [6, 6.07) is 0.0458. The fourth-order valence-corrected chi connectivity index (χ4v) is 4.71. The molecule has 4 rings (SSSR count). The minimum atomic E-state index is 0.0458. The molecule has 0 aromatic heterocycles. The van der Waals surface area contributed by atoms with Gasteiger partial charge in [0.05, 0.1) is 0 Å². The van der Waals surface area contributed by atoms with Crippen LogP contribution in [0.3, 0.4) is 0 Å². The molecule has 4 aliphatic carbocycles. The minimum Gasteiger partial charge on any atom is -0.338 e. The largest absolute Gasteiger partial charge is 0.338 e. The van der Waals surface area contributed by atoms with Crippen molar-refractivity contribution >= 4 is 6.03 Å². The standard InChI is InChI=1S/C13H22N2O/c1-2-14-12(16)15-13-6-9-3-10(7-13)5-11(4-9)8-13/h9-11H,2-8H2,1H3,(H2,14,15,16). The third kappa shape index (κ3) is 1.70. The molecule has 4 saturated carbocycles. The van der Waals surface area contributed by atoms with E-state index in [0.29, 0.717) is 0 Å². The summed E-state index contributed by atoms with van der Waals surface area (Å²) >= 11 is 0. The number of hydrogen-bond donors (Lipinski definition) is 2. The zero-order valence-electron chi connectivity index (χ0n) is 10.1. The van der Waals surface area contributed by atoms with Crippen molar-refractivity contribution in [1.82, 2.24) is 10.6 Å². The summed E-state index contributed by atoms with van der Waals surface area (Å²) in [5.41, 5.74) is 0.161. The second kappa shape index (κ2) is 3.64. The van der Waals surface area contributed by atoms with Gasteiger partial charge in [-0.2, -0.15) is 0 Å². The van der Waals surface area contributed by atoms with E-state index in [1.54, 1.807) is 0 Å². The molecule has 4 bridgehead atoms. The predicted octanol–water partition coefficient (Wildman–Crippen LogP) is 2.27. The van der Waals surface area contributed by atoms with Gasteiger partial charge in [0.1, 0.15) is 0 Å². The van der Waals surface area contributed by atoms with E-state index < -0.39 is 0 Å². The molecule has 0 aromatic carbocycles. The molecular weight excluding hydrogens is 200 g/mol. The first-order chi connectivity index (χ1) is 7.69. The third-order valence-electron chi connectivity index (χ3n) is 4.75. The molecule has 0 aliphatic heterocycles. The normalized spacial score (nSPS) is 44.4. The number of amides is 2. The number of carbonyl (C=O) groups excluding carboxylic acids is 1. The Morgan fingerprint density at radius 2 is 1.62 bits per heavy atom. The molecule has 16 heavy (non-hydrogen) atoms. The van der Waals surface area contributed by atoms with Crippen LogP contribution in [0, 0.1) is 17.8 Å². The molecule has 0 atom stereocenters. The van der Waals surface area contributed by atoms with Gasteiger partial charge in [-0.15, -0.1) is 0 Å². The van der Waals surface area contributed by atoms with Gasteiger partial charge in [0.2, 0.25) is 0 Å². The third-order valence-corrected chi connectivity index (χ3v) is 4.75. The molecule has 4 fully saturated rings. The lowest BCUT2D eigenvalue weighted by atomic mass is 9.53. The van der Waals surface area contributed by atoms with Gasteiger partial charge in [0, 0.05) is 12.1 Å². The van der Waals surface area contributed by atoms with Crippen LogP contribution in [0.4, 0.5) is 4.79 Å². The first-order valence-corrected chi connectivity index (χ1v) is 6.75. The SMILES string of the molecule is CCNC(=O)NC12CC3CC(CC(C3)C1)C2. The maximum absolute atomic E-state index is 11.7. The van der Waals surface area contributed by atoms with Crippen LogP contribution in [0.15, 0.2) is 0 Å². The number of carbonyl (C=O) groups is 1. The van der Waals surface area contributed by atoms with Crippen molar-refractivity contribution in [3.8, 4) is 0 Å². The molecule has 3 nitrogen and oxygen atoms in total. The monoisotopic (exact) mass is 222 g/mol. The molecule has 2 amide bonds. The number of nitrogens with one attached hydrogen (secondary N) is 2. The molecule has 0 unspecified atom stereocenters. The molecule has 2 N–H and O–H groups in total. The van der Waals surface area contributed by atoms with Crippen LogP contribution < -0.4 is 10.6 Å². The van der Waals surface area contributed by atoms with Gasteiger partial charge in [-0.3, -0.25) is 0 Å². The first kappa shape index (κ1) is 10.4. The highest BCUT2D eigenvalue weighted by Gasteiger charge is 2.51. The van der Waals surface area contributed by atoms with Crippen molar-refractivity contribution < 1.29 is 4.79 Å². The van der Waals surface area contributed by atoms with E-state index in [9.17, 15) is 4.79 Å². The highest BCUT2D eigenvalue weighted by atomic mass is 16.2. The van der Waals surface area contributed by atoms with Gasteiger partial charge in [0.25, 0.3) is 0 Å². The maximum Gasteiger partial charge on any atom is 0.315 e. The molecule has 0 spiro atoms. The fraction of sp³-hybridized carbons (Fsp3) is 0.923.